The Kier molecular flexibility index (Phi) is 5.13. The molecule has 0 amide bonds. The van der Waals surface area contributed by atoms with Gasteiger partial charge in [0.15, 0.2) is 0 Å². The van der Waals surface area contributed by atoms with Gasteiger partial charge in [0, 0.05) is 32.8 Å². The van der Waals surface area contributed by atoms with Crippen molar-refractivity contribution in [3.05, 3.63) is 64.3 Å². The molecule has 5 rings (SSSR count). The van der Waals surface area contributed by atoms with Gasteiger partial charge in [-0.3, -0.25) is 9.78 Å². The number of halogens is 1. The van der Waals surface area contributed by atoms with Crippen molar-refractivity contribution in [3.8, 4) is 21.6 Å². The molecule has 0 spiro atoms. The minimum Gasteiger partial charge on any atom is -0.462 e. The number of hydrogen-bond acceptors (Lipinski definition) is 5. The number of rotatable bonds is 7. The smallest absolute Gasteiger partial charge is 0.310 e. The second-order valence-corrected chi connectivity index (χ2v) is 9.57. The highest BCUT2D eigenvalue weighted by Gasteiger charge is 2.45. The van der Waals surface area contributed by atoms with E-state index in [1.165, 1.54) is 0 Å². The van der Waals surface area contributed by atoms with Crippen molar-refractivity contribution in [1.29, 1.82) is 0 Å². The fourth-order valence-electron chi connectivity index (χ4n) is 3.62. The van der Waals surface area contributed by atoms with E-state index in [1.54, 1.807) is 11.3 Å². The SMILES string of the molecule is O=C(Cc1ccc(-c2cc(-c3ccnc(C4(CO)CC4)c3)cs2)c(Cl)c1)OC1CC1. The molecule has 6 heteroatoms. The lowest BCUT2D eigenvalue weighted by molar-refractivity contribution is -0.144. The molecule has 2 fully saturated rings. The molecule has 154 valence electrons. The van der Waals surface area contributed by atoms with E-state index in [0.29, 0.717) is 5.02 Å². The van der Waals surface area contributed by atoms with E-state index in [1.807, 2.05) is 30.5 Å². The molecule has 2 aliphatic rings. The second-order valence-electron chi connectivity index (χ2n) is 8.25. The van der Waals surface area contributed by atoms with Gasteiger partial charge in [0.25, 0.3) is 0 Å². The molecule has 2 aromatic heterocycles. The maximum Gasteiger partial charge on any atom is 0.310 e. The highest BCUT2D eigenvalue weighted by molar-refractivity contribution is 7.14. The molecular weight excluding hydrogens is 418 g/mol. The molecule has 1 N–H and O–H groups in total. The summed E-state index contributed by atoms with van der Waals surface area (Å²) < 4.78 is 5.32. The zero-order valence-corrected chi connectivity index (χ0v) is 18.0. The van der Waals surface area contributed by atoms with Gasteiger partial charge in [-0.15, -0.1) is 11.3 Å². The summed E-state index contributed by atoms with van der Waals surface area (Å²) in [5.74, 6) is -0.190. The van der Waals surface area contributed by atoms with Gasteiger partial charge >= 0.3 is 5.97 Å². The van der Waals surface area contributed by atoms with Gasteiger partial charge in [-0.2, -0.15) is 0 Å². The van der Waals surface area contributed by atoms with Gasteiger partial charge in [0.1, 0.15) is 6.10 Å². The number of aliphatic hydroxyl groups excluding tert-OH is 1. The van der Waals surface area contributed by atoms with Crippen LogP contribution in [0, 0.1) is 0 Å². The summed E-state index contributed by atoms with van der Waals surface area (Å²) in [5.41, 5.74) is 4.85. The molecule has 0 aliphatic heterocycles. The van der Waals surface area contributed by atoms with Crippen molar-refractivity contribution < 1.29 is 14.6 Å². The van der Waals surface area contributed by atoms with Crippen molar-refractivity contribution in [2.24, 2.45) is 0 Å². The molecule has 30 heavy (non-hydrogen) atoms. The van der Waals surface area contributed by atoms with E-state index in [4.69, 9.17) is 16.3 Å². The Morgan fingerprint density at radius 3 is 2.73 bits per heavy atom. The lowest BCUT2D eigenvalue weighted by atomic mass is 9.99. The van der Waals surface area contributed by atoms with Crippen LogP contribution in [0.25, 0.3) is 21.6 Å². The van der Waals surface area contributed by atoms with Crippen molar-refractivity contribution in [2.45, 2.75) is 43.6 Å². The van der Waals surface area contributed by atoms with Gasteiger partial charge in [0.2, 0.25) is 0 Å². The van der Waals surface area contributed by atoms with Crippen LogP contribution in [0.5, 0.6) is 0 Å². The number of carbonyl (C=O) groups is 1. The van der Waals surface area contributed by atoms with Gasteiger partial charge < -0.3 is 9.84 Å². The third-order valence-corrected chi connectivity index (χ3v) is 7.14. The maximum absolute atomic E-state index is 11.9. The average molecular weight is 440 g/mol. The number of nitrogens with zero attached hydrogens (tertiary/aromatic N) is 1. The molecule has 2 heterocycles. The van der Waals surface area contributed by atoms with E-state index in [9.17, 15) is 9.90 Å². The first-order chi connectivity index (χ1) is 14.6. The summed E-state index contributed by atoms with van der Waals surface area (Å²) in [6.45, 7) is 0.147. The van der Waals surface area contributed by atoms with E-state index >= 15 is 0 Å². The number of aliphatic hydroxyl groups is 1. The van der Waals surface area contributed by atoms with Crippen molar-refractivity contribution in [3.63, 3.8) is 0 Å². The molecule has 2 saturated carbocycles. The van der Waals surface area contributed by atoms with Gasteiger partial charge in [-0.1, -0.05) is 23.7 Å². The number of benzene rings is 1. The van der Waals surface area contributed by atoms with Gasteiger partial charge in [0.05, 0.1) is 13.0 Å². The first kappa shape index (κ1) is 19.7. The normalized spacial score (nSPS) is 17.0. The number of hydrogen-bond donors (Lipinski definition) is 1. The minimum absolute atomic E-state index is 0.123. The summed E-state index contributed by atoms with van der Waals surface area (Å²) >= 11 is 8.19. The summed E-state index contributed by atoms with van der Waals surface area (Å²) in [5, 5.41) is 12.4. The summed E-state index contributed by atoms with van der Waals surface area (Å²) in [6, 6.07) is 12.0. The van der Waals surface area contributed by atoms with E-state index in [-0.39, 0.29) is 30.5 Å². The third-order valence-electron chi connectivity index (χ3n) is 5.86. The highest BCUT2D eigenvalue weighted by Crippen LogP contribution is 2.47. The Bertz CT molecular complexity index is 1100. The fraction of sp³-hybridized carbons (Fsp3) is 0.333. The number of esters is 1. The highest BCUT2D eigenvalue weighted by atomic mass is 35.5. The zero-order valence-electron chi connectivity index (χ0n) is 16.4. The van der Waals surface area contributed by atoms with Crippen LogP contribution in [-0.2, 0) is 21.4 Å². The monoisotopic (exact) mass is 439 g/mol. The molecule has 0 atom stereocenters. The lowest BCUT2D eigenvalue weighted by Crippen LogP contribution is -2.13. The average Bonchev–Trinajstić information content (AvgIpc) is 3.67. The van der Waals surface area contributed by atoms with Crippen LogP contribution in [-0.4, -0.2) is 28.8 Å². The van der Waals surface area contributed by atoms with Crippen LogP contribution in [0.2, 0.25) is 5.02 Å². The fourth-order valence-corrected chi connectivity index (χ4v) is 4.94. The van der Waals surface area contributed by atoms with E-state index < -0.39 is 0 Å². The number of thiophene rings is 1. The molecule has 0 unspecified atom stereocenters. The Balaban J connectivity index is 1.35. The molecule has 0 bridgehead atoms. The molecule has 0 saturated heterocycles. The quantitative estimate of drug-likeness (QED) is 0.500. The summed E-state index contributed by atoms with van der Waals surface area (Å²) in [6.07, 6.45) is 6.13. The molecular formula is C24H22ClNO3S. The molecule has 1 aromatic carbocycles. The molecule has 3 aromatic rings. The number of aromatic nitrogens is 1. The first-order valence-corrected chi connectivity index (χ1v) is 11.5. The van der Waals surface area contributed by atoms with Crippen LogP contribution < -0.4 is 0 Å². The van der Waals surface area contributed by atoms with Crippen LogP contribution in [0.15, 0.2) is 48.0 Å². The Labute approximate surface area is 184 Å². The predicted molar refractivity (Wildman–Crippen MR) is 119 cm³/mol. The Morgan fingerprint density at radius 1 is 1.20 bits per heavy atom. The Hall–Kier alpha value is -2.21. The third kappa shape index (κ3) is 4.02. The van der Waals surface area contributed by atoms with Gasteiger partial charge in [-0.25, -0.2) is 0 Å². The second kappa shape index (κ2) is 7.80. The standard InChI is InChI=1S/C24H22ClNO3S/c25-20-9-15(10-23(28)29-18-2-3-18)1-4-19(20)21-11-17(13-30-21)16-5-8-26-22(12-16)24(14-27)6-7-24/h1,4-5,8-9,11-13,18,27H,2-3,6-7,10,14H2. The number of ether oxygens (including phenoxy) is 1. The van der Waals surface area contributed by atoms with Crippen molar-refractivity contribution in [1.82, 2.24) is 4.98 Å². The lowest BCUT2D eigenvalue weighted by Gasteiger charge is -2.11. The Morgan fingerprint density at radius 2 is 2.03 bits per heavy atom. The molecule has 4 nitrogen and oxygen atoms in total. The van der Waals surface area contributed by atoms with Crippen LogP contribution in [0.1, 0.15) is 36.9 Å². The van der Waals surface area contributed by atoms with E-state index in [0.717, 1.165) is 58.5 Å². The van der Waals surface area contributed by atoms with Crippen LogP contribution in [0.4, 0.5) is 0 Å². The summed E-state index contributed by atoms with van der Waals surface area (Å²) in [7, 11) is 0. The zero-order chi connectivity index (χ0) is 20.7. The number of pyridine rings is 1. The first-order valence-electron chi connectivity index (χ1n) is 10.2. The van der Waals surface area contributed by atoms with Crippen LogP contribution in [0.3, 0.4) is 0 Å². The van der Waals surface area contributed by atoms with Crippen LogP contribution >= 0.6 is 22.9 Å². The number of carbonyl (C=O) groups excluding carboxylic acids is 1. The summed E-state index contributed by atoms with van der Waals surface area (Å²) in [4.78, 5) is 17.5. The van der Waals surface area contributed by atoms with Gasteiger partial charge in [-0.05, 0) is 72.0 Å². The maximum atomic E-state index is 11.9. The minimum atomic E-state index is -0.190. The van der Waals surface area contributed by atoms with Crippen molar-refractivity contribution in [2.75, 3.05) is 6.61 Å². The molecule has 2 aliphatic carbocycles. The predicted octanol–water partition coefficient (Wildman–Crippen LogP) is 5.40. The van der Waals surface area contributed by atoms with Crippen molar-refractivity contribution >= 4 is 28.9 Å². The molecule has 0 radical (unpaired) electrons. The van der Waals surface area contributed by atoms with E-state index in [2.05, 4.69) is 22.5 Å². The largest absolute Gasteiger partial charge is 0.462 e. The topological polar surface area (TPSA) is 59.4 Å².